The van der Waals surface area contributed by atoms with E-state index in [0.717, 1.165) is 16.2 Å². The summed E-state index contributed by atoms with van der Waals surface area (Å²) in [7, 11) is 0. The highest BCUT2D eigenvalue weighted by Crippen LogP contribution is 2.34. The maximum absolute atomic E-state index is 13.1. The first-order valence-electron chi connectivity index (χ1n) is 8.98. The molecule has 1 aliphatic heterocycles. The van der Waals surface area contributed by atoms with E-state index in [2.05, 4.69) is 5.10 Å². The zero-order chi connectivity index (χ0) is 19.5. The van der Waals surface area contributed by atoms with Gasteiger partial charge in [-0.1, -0.05) is 29.8 Å². The number of hydrazone groups is 1. The number of hydrogen-bond acceptors (Lipinski definition) is 4. The summed E-state index contributed by atoms with van der Waals surface area (Å²) in [6.45, 7) is 2.04. The van der Waals surface area contributed by atoms with Crippen molar-refractivity contribution >= 4 is 23.4 Å². The zero-order valence-corrected chi connectivity index (χ0v) is 16.2. The lowest BCUT2D eigenvalue weighted by molar-refractivity contribution is -0.130. The molecule has 0 spiro atoms. The number of carbonyl (C=O) groups excluding carboxylic acids is 1. The lowest BCUT2D eigenvalue weighted by Crippen LogP contribution is -2.28. The average molecular weight is 394 g/mol. The van der Waals surface area contributed by atoms with Crippen molar-refractivity contribution in [3.05, 3.63) is 89.6 Å². The van der Waals surface area contributed by atoms with E-state index >= 15 is 0 Å². The Morgan fingerprint density at radius 3 is 2.61 bits per heavy atom. The molecule has 1 atom stereocenters. The molecule has 0 unspecified atom stereocenters. The quantitative estimate of drug-likeness (QED) is 0.559. The third-order valence-corrected chi connectivity index (χ3v) is 5.60. The minimum absolute atomic E-state index is 0.113. The smallest absolute Gasteiger partial charge is 0.253 e. The van der Waals surface area contributed by atoms with E-state index < -0.39 is 0 Å². The van der Waals surface area contributed by atoms with Crippen molar-refractivity contribution < 1.29 is 13.6 Å². The SMILES string of the molecule is Cc1ccc(C2=NN(C(=O)CSc3ccc(F)cc3)[C@H](c3ccco3)C2)cc1. The molecule has 1 aromatic heterocycles. The molecule has 0 aliphatic carbocycles. The Hall–Kier alpha value is -2.86. The summed E-state index contributed by atoms with van der Waals surface area (Å²) >= 11 is 1.36. The minimum atomic E-state index is -0.291. The topological polar surface area (TPSA) is 45.8 Å². The van der Waals surface area contributed by atoms with Crippen LogP contribution in [0.2, 0.25) is 0 Å². The Bertz CT molecular complexity index is 982. The Morgan fingerprint density at radius 1 is 1.18 bits per heavy atom. The first-order valence-corrected chi connectivity index (χ1v) is 9.97. The highest BCUT2D eigenvalue weighted by molar-refractivity contribution is 8.00. The predicted molar refractivity (Wildman–Crippen MR) is 108 cm³/mol. The van der Waals surface area contributed by atoms with Gasteiger partial charge in [-0.25, -0.2) is 9.40 Å². The van der Waals surface area contributed by atoms with Crippen LogP contribution >= 0.6 is 11.8 Å². The van der Waals surface area contributed by atoms with E-state index in [0.29, 0.717) is 12.2 Å². The number of amides is 1. The molecule has 2 heterocycles. The van der Waals surface area contributed by atoms with Gasteiger partial charge in [-0.2, -0.15) is 5.10 Å². The van der Waals surface area contributed by atoms with E-state index in [-0.39, 0.29) is 23.5 Å². The summed E-state index contributed by atoms with van der Waals surface area (Å²) in [5.41, 5.74) is 3.04. The van der Waals surface area contributed by atoms with Crippen molar-refractivity contribution in [3.63, 3.8) is 0 Å². The van der Waals surface area contributed by atoms with Gasteiger partial charge in [0, 0.05) is 11.3 Å². The standard InChI is InChI=1S/C22H19FN2O2S/c1-15-4-6-16(7-5-15)19-13-20(21-3-2-12-27-21)25(24-19)22(26)14-28-18-10-8-17(23)9-11-18/h2-12,20H,13-14H2,1H3/t20-/m0/s1. The molecule has 1 aliphatic rings. The van der Waals surface area contributed by atoms with Crippen LogP contribution in [0.3, 0.4) is 0 Å². The van der Waals surface area contributed by atoms with Crippen LogP contribution in [-0.2, 0) is 4.79 Å². The van der Waals surface area contributed by atoms with Gasteiger partial charge in [-0.15, -0.1) is 11.8 Å². The summed E-state index contributed by atoms with van der Waals surface area (Å²) in [6, 6.07) is 17.7. The molecule has 0 saturated carbocycles. The monoisotopic (exact) mass is 394 g/mol. The molecule has 3 aromatic rings. The first kappa shape index (κ1) is 18.5. The van der Waals surface area contributed by atoms with Crippen LogP contribution in [0.1, 0.15) is 29.3 Å². The third kappa shape index (κ3) is 4.02. The molecule has 142 valence electrons. The summed E-state index contributed by atoms with van der Waals surface area (Å²) < 4.78 is 18.6. The molecule has 4 nitrogen and oxygen atoms in total. The van der Waals surface area contributed by atoms with Crippen LogP contribution in [0.15, 0.2) is 81.3 Å². The van der Waals surface area contributed by atoms with Crippen LogP contribution in [0.25, 0.3) is 0 Å². The maximum Gasteiger partial charge on any atom is 0.253 e. The fourth-order valence-corrected chi connectivity index (χ4v) is 3.86. The number of furan rings is 1. The molecule has 0 N–H and O–H groups in total. The van der Waals surface area contributed by atoms with E-state index in [1.165, 1.54) is 34.5 Å². The second-order valence-corrected chi connectivity index (χ2v) is 7.68. The van der Waals surface area contributed by atoms with Crippen LogP contribution < -0.4 is 0 Å². The molecule has 1 amide bonds. The van der Waals surface area contributed by atoms with Crippen LogP contribution in [0, 0.1) is 12.7 Å². The largest absolute Gasteiger partial charge is 0.467 e. The van der Waals surface area contributed by atoms with E-state index in [1.54, 1.807) is 18.4 Å². The Morgan fingerprint density at radius 2 is 1.93 bits per heavy atom. The highest BCUT2D eigenvalue weighted by atomic mass is 32.2. The molecular formula is C22H19FN2O2S. The summed E-state index contributed by atoms with van der Waals surface area (Å²) in [5, 5.41) is 6.14. The van der Waals surface area contributed by atoms with E-state index in [4.69, 9.17) is 4.42 Å². The van der Waals surface area contributed by atoms with Gasteiger partial charge in [0.05, 0.1) is 17.7 Å². The molecule has 0 bridgehead atoms. The fourth-order valence-electron chi connectivity index (χ4n) is 3.11. The number of benzene rings is 2. The summed E-state index contributed by atoms with van der Waals surface area (Å²) in [5.74, 6) is 0.525. The van der Waals surface area contributed by atoms with Crippen molar-refractivity contribution in [3.8, 4) is 0 Å². The van der Waals surface area contributed by atoms with E-state index in [9.17, 15) is 9.18 Å². The minimum Gasteiger partial charge on any atom is -0.467 e. The molecule has 0 fully saturated rings. The lowest BCUT2D eigenvalue weighted by atomic mass is 10.0. The van der Waals surface area contributed by atoms with Gasteiger partial charge >= 0.3 is 0 Å². The maximum atomic E-state index is 13.1. The van der Waals surface area contributed by atoms with Crippen molar-refractivity contribution in [1.82, 2.24) is 5.01 Å². The molecule has 28 heavy (non-hydrogen) atoms. The molecule has 0 radical (unpaired) electrons. The van der Waals surface area contributed by atoms with Gasteiger partial charge < -0.3 is 4.42 Å². The van der Waals surface area contributed by atoms with E-state index in [1.807, 2.05) is 43.3 Å². The number of aryl methyl sites for hydroxylation is 1. The van der Waals surface area contributed by atoms with Crippen molar-refractivity contribution in [2.45, 2.75) is 24.3 Å². The van der Waals surface area contributed by atoms with Gasteiger partial charge in [-0.05, 0) is 48.9 Å². The molecule has 6 heteroatoms. The van der Waals surface area contributed by atoms with Gasteiger partial charge in [0.25, 0.3) is 5.91 Å². The zero-order valence-electron chi connectivity index (χ0n) is 15.3. The van der Waals surface area contributed by atoms with Gasteiger partial charge in [-0.3, -0.25) is 4.79 Å². The number of thioether (sulfide) groups is 1. The number of halogens is 1. The number of rotatable bonds is 5. The van der Waals surface area contributed by atoms with Gasteiger partial charge in [0.1, 0.15) is 17.6 Å². The third-order valence-electron chi connectivity index (χ3n) is 4.60. The Kier molecular flexibility index (Phi) is 5.30. The summed E-state index contributed by atoms with van der Waals surface area (Å²) in [4.78, 5) is 13.7. The molecule has 2 aromatic carbocycles. The molecular weight excluding hydrogens is 375 g/mol. The second kappa shape index (κ2) is 8.02. The van der Waals surface area contributed by atoms with Crippen molar-refractivity contribution in [1.29, 1.82) is 0 Å². The normalized spacial score (nSPS) is 16.3. The van der Waals surface area contributed by atoms with Crippen LogP contribution in [0.5, 0.6) is 0 Å². The van der Waals surface area contributed by atoms with Gasteiger partial charge in [0.2, 0.25) is 0 Å². The fraction of sp³-hybridized carbons (Fsp3) is 0.182. The predicted octanol–water partition coefficient (Wildman–Crippen LogP) is 5.20. The van der Waals surface area contributed by atoms with Crippen LogP contribution in [-0.4, -0.2) is 22.4 Å². The lowest BCUT2D eigenvalue weighted by Gasteiger charge is -2.19. The number of carbonyl (C=O) groups is 1. The number of nitrogens with zero attached hydrogens (tertiary/aromatic N) is 2. The molecule has 4 rings (SSSR count). The summed E-state index contributed by atoms with van der Waals surface area (Å²) in [6.07, 6.45) is 2.21. The highest BCUT2D eigenvalue weighted by Gasteiger charge is 2.34. The van der Waals surface area contributed by atoms with Gasteiger partial charge in [0.15, 0.2) is 0 Å². The number of hydrogen-bond donors (Lipinski definition) is 0. The second-order valence-electron chi connectivity index (χ2n) is 6.63. The molecule has 0 saturated heterocycles. The van der Waals surface area contributed by atoms with Crippen molar-refractivity contribution in [2.75, 3.05) is 5.75 Å². The Balaban J connectivity index is 1.54. The van der Waals surface area contributed by atoms with Crippen molar-refractivity contribution in [2.24, 2.45) is 5.10 Å². The van der Waals surface area contributed by atoms with Crippen LogP contribution in [0.4, 0.5) is 4.39 Å². The average Bonchev–Trinajstić information content (AvgIpc) is 3.37. The Labute approximate surface area is 167 Å². The first-order chi connectivity index (χ1) is 13.6.